The Morgan fingerprint density at radius 2 is 2.00 bits per heavy atom. The minimum atomic E-state index is -0.446. The zero-order valence-corrected chi connectivity index (χ0v) is 14.6. The summed E-state index contributed by atoms with van der Waals surface area (Å²) in [6.45, 7) is 2.18. The fourth-order valence-corrected chi connectivity index (χ4v) is 2.86. The molecule has 3 rings (SSSR count). The predicted molar refractivity (Wildman–Crippen MR) is 96.2 cm³/mol. The summed E-state index contributed by atoms with van der Waals surface area (Å²) in [6, 6.07) is 12.3. The van der Waals surface area contributed by atoms with E-state index in [2.05, 4.69) is 5.32 Å². The van der Waals surface area contributed by atoms with Crippen LogP contribution in [0.4, 0.5) is 4.79 Å². The van der Waals surface area contributed by atoms with Crippen molar-refractivity contribution in [2.24, 2.45) is 0 Å². The molecule has 5 nitrogen and oxygen atoms in total. The predicted octanol–water partition coefficient (Wildman–Crippen LogP) is 3.75. The Morgan fingerprint density at radius 1 is 1.20 bits per heavy atom. The van der Waals surface area contributed by atoms with Gasteiger partial charge in [-0.3, -0.25) is 9.69 Å². The second-order valence-electron chi connectivity index (χ2n) is 5.75. The number of benzene rings is 2. The third-order valence-corrected chi connectivity index (χ3v) is 4.11. The van der Waals surface area contributed by atoms with Crippen LogP contribution in [0, 0.1) is 6.92 Å². The molecule has 2 aromatic carbocycles. The second kappa shape index (κ2) is 6.99. The number of imide groups is 1. The summed E-state index contributed by atoms with van der Waals surface area (Å²) in [4.78, 5) is 26.0. The van der Waals surface area contributed by atoms with Crippen LogP contribution in [0.25, 0.3) is 6.08 Å². The smallest absolute Gasteiger partial charge is 0.329 e. The van der Waals surface area contributed by atoms with Crippen molar-refractivity contribution in [3.8, 4) is 5.75 Å². The number of nitrogens with zero attached hydrogens (tertiary/aromatic N) is 1. The monoisotopic (exact) mass is 356 g/mol. The zero-order valence-electron chi connectivity index (χ0n) is 13.9. The Labute approximate surface area is 150 Å². The fraction of sp³-hybridized carbons (Fsp3) is 0.158. The van der Waals surface area contributed by atoms with E-state index in [-0.39, 0.29) is 18.1 Å². The summed E-state index contributed by atoms with van der Waals surface area (Å²) < 4.78 is 5.27. The van der Waals surface area contributed by atoms with Crippen LogP contribution in [0.15, 0.2) is 48.2 Å². The highest BCUT2D eigenvalue weighted by Crippen LogP contribution is 2.26. The van der Waals surface area contributed by atoms with Crippen molar-refractivity contribution in [2.45, 2.75) is 13.5 Å². The minimum absolute atomic E-state index is 0.193. The Kier molecular flexibility index (Phi) is 4.76. The first-order valence-corrected chi connectivity index (χ1v) is 8.09. The summed E-state index contributed by atoms with van der Waals surface area (Å²) >= 11 is 6.01. The van der Waals surface area contributed by atoms with Crippen molar-refractivity contribution in [1.29, 1.82) is 0 Å². The molecule has 0 aromatic heterocycles. The molecule has 1 aliphatic heterocycles. The van der Waals surface area contributed by atoms with Gasteiger partial charge in [-0.1, -0.05) is 41.4 Å². The maximum atomic E-state index is 12.6. The molecule has 1 fully saturated rings. The van der Waals surface area contributed by atoms with Crippen LogP contribution in [-0.4, -0.2) is 23.9 Å². The summed E-state index contributed by atoms with van der Waals surface area (Å²) in [7, 11) is 1.53. The van der Waals surface area contributed by atoms with Gasteiger partial charge >= 0.3 is 6.03 Å². The van der Waals surface area contributed by atoms with Gasteiger partial charge in [0.05, 0.1) is 13.7 Å². The molecule has 6 heteroatoms. The lowest BCUT2D eigenvalue weighted by Crippen LogP contribution is -2.30. The average molecular weight is 357 g/mol. The van der Waals surface area contributed by atoms with Crippen LogP contribution >= 0.6 is 11.6 Å². The molecular formula is C19H17ClN2O3. The lowest BCUT2D eigenvalue weighted by molar-refractivity contribution is -0.123. The van der Waals surface area contributed by atoms with Crippen molar-refractivity contribution < 1.29 is 14.3 Å². The molecule has 2 aromatic rings. The van der Waals surface area contributed by atoms with Crippen LogP contribution in [0.5, 0.6) is 5.75 Å². The molecule has 1 heterocycles. The van der Waals surface area contributed by atoms with E-state index in [1.807, 2.05) is 31.2 Å². The summed E-state index contributed by atoms with van der Waals surface area (Å²) in [5, 5.41) is 3.12. The van der Waals surface area contributed by atoms with Crippen LogP contribution in [0.2, 0.25) is 5.02 Å². The van der Waals surface area contributed by atoms with Gasteiger partial charge in [0.15, 0.2) is 0 Å². The summed E-state index contributed by atoms with van der Waals surface area (Å²) in [5.74, 6) is 0.185. The van der Waals surface area contributed by atoms with E-state index in [4.69, 9.17) is 16.3 Å². The Morgan fingerprint density at radius 3 is 2.72 bits per heavy atom. The highest BCUT2D eigenvalue weighted by molar-refractivity contribution is 6.30. The van der Waals surface area contributed by atoms with Crippen molar-refractivity contribution in [3.05, 3.63) is 69.9 Å². The van der Waals surface area contributed by atoms with Gasteiger partial charge < -0.3 is 10.1 Å². The molecule has 1 N–H and O–H groups in total. The molecule has 0 saturated carbocycles. The van der Waals surface area contributed by atoms with Crippen molar-refractivity contribution in [2.75, 3.05) is 7.11 Å². The topological polar surface area (TPSA) is 58.6 Å². The molecule has 0 spiro atoms. The quantitative estimate of drug-likeness (QED) is 0.670. The van der Waals surface area contributed by atoms with Gasteiger partial charge in [-0.15, -0.1) is 0 Å². The Hall–Kier alpha value is -2.79. The fourth-order valence-electron chi connectivity index (χ4n) is 2.68. The number of halogens is 1. The zero-order chi connectivity index (χ0) is 18.0. The molecule has 25 heavy (non-hydrogen) atoms. The van der Waals surface area contributed by atoms with Crippen LogP contribution in [0.1, 0.15) is 16.7 Å². The number of hydrogen-bond donors (Lipinski definition) is 1. The highest BCUT2D eigenvalue weighted by atomic mass is 35.5. The van der Waals surface area contributed by atoms with Gasteiger partial charge in [0.1, 0.15) is 11.4 Å². The van der Waals surface area contributed by atoms with Crippen molar-refractivity contribution in [3.63, 3.8) is 0 Å². The number of rotatable bonds is 4. The molecule has 1 aliphatic rings. The van der Waals surface area contributed by atoms with E-state index in [1.54, 1.807) is 24.3 Å². The average Bonchev–Trinajstić information content (AvgIpc) is 2.83. The second-order valence-corrected chi connectivity index (χ2v) is 6.19. The van der Waals surface area contributed by atoms with Crippen LogP contribution in [0.3, 0.4) is 0 Å². The highest BCUT2D eigenvalue weighted by Gasteiger charge is 2.33. The molecule has 0 bridgehead atoms. The summed E-state index contributed by atoms with van der Waals surface area (Å²) in [5.41, 5.74) is 2.78. The lowest BCUT2D eigenvalue weighted by Gasteiger charge is -2.12. The number of urea groups is 1. The molecule has 0 unspecified atom stereocenters. The van der Waals surface area contributed by atoms with E-state index in [0.717, 1.165) is 11.1 Å². The number of carbonyl (C=O) groups is 2. The first-order chi connectivity index (χ1) is 12.0. The lowest BCUT2D eigenvalue weighted by atomic mass is 10.1. The van der Waals surface area contributed by atoms with E-state index >= 15 is 0 Å². The van der Waals surface area contributed by atoms with Gasteiger partial charge in [0.25, 0.3) is 5.91 Å². The number of hydrogen-bond acceptors (Lipinski definition) is 3. The standard InChI is InChI=1S/C19H17ClN2O3/c1-12-4-3-5-13(8-12)11-22-18(23)16(21-19(22)24)10-14-9-15(20)6-7-17(14)25-2/h3-10H,11H2,1-2H3,(H,21,24)/b16-10+. The number of nitrogens with one attached hydrogen (secondary N) is 1. The number of amides is 3. The molecule has 0 atom stereocenters. The molecule has 128 valence electrons. The van der Waals surface area contributed by atoms with E-state index in [0.29, 0.717) is 16.3 Å². The summed E-state index contributed by atoms with van der Waals surface area (Å²) in [6.07, 6.45) is 1.57. The van der Waals surface area contributed by atoms with Gasteiger partial charge in [0, 0.05) is 10.6 Å². The van der Waals surface area contributed by atoms with Crippen LogP contribution < -0.4 is 10.1 Å². The number of ether oxygens (including phenoxy) is 1. The van der Waals surface area contributed by atoms with E-state index in [1.165, 1.54) is 12.0 Å². The number of carbonyl (C=O) groups excluding carboxylic acids is 2. The van der Waals surface area contributed by atoms with Gasteiger partial charge in [0.2, 0.25) is 0 Å². The van der Waals surface area contributed by atoms with Gasteiger partial charge in [-0.25, -0.2) is 4.79 Å². The first kappa shape index (κ1) is 17.0. The maximum Gasteiger partial charge on any atom is 0.329 e. The third kappa shape index (κ3) is 3.67. The molecular weight excluding hydrogens is 340 g/mol. The molecule has 3 amide bonds. The van der Waals surface area contributed by atoms with E-state index in [9.17, 15) is 9.59 Å². The largest absolute Gasteiger partial charge is 0.496 e. The minimum Gasteiger partial charge on any atom is -0.496 e. The van der Waals surface area contributed by atoms with Crippen LogP contribution in [-0.2, 0) is 11.3 Å². The first-order valence-electron chi connectivity index (χ1n) is 7.71. The SMILES string of the molecule is COc1ccc(Cl)cc1/C=C1/NC(=O)N(Cc2cccc(C)c2)C1=O. The van der Waals surface area contributed by atoms with Gasteiger partial charge in [-0.2, -0.15) is 0 Å². The number of methoxy groups -OCH3 is 1. The Bertz CT molecular complexity index is 877. The maximum absolute atomic E-state index is 12.6. The molecule has 0 aliphatic carbocycles. The molecule has 1 saturated heterocycles. The normalized spacial score (nSPS) is 15.6. The molecule has 0 radical (unpaired) electrons. The third-order valence-electron chi connectivity index (χ3n) is 3.88. The van der Waals surface area contributed by atoms with Crippen molar-refractivity contribution >= 4 is 29.6 Å². The Balaban J connectivity index is 1.87. The van der Waals surface area contributed by atoms with Crippen molar-refractivity contribution in [1.82, 2.24) is 10.2 Å². The van der Waals surface area contributed by atoms with Gasteiger partial charge in [-0.05, 0) is 36.8 Å². The number of aryl methyl sites for hydroxylation is 1. The van der Waals surface area contributed by atoms with E-state index < -0.39 is 6.03 Å².